The quantitative estimate of drug-likeness (QED) is 0.710. The van der Waals surface area contributed by atoms with Gasteiger partial charge in [0.05, 0.1) is 18.2 Å². The van der Waals surface area contributed by atoms with E-state index in [4.69, 9.17) is 4.74 Å². The largest absolute Gasteiger partial charge is 0.494 e. The number of carbonyl (C=O) groups is 2. The molecule has 0 radical (unpaired) electrons. The van der Waals surface area contributed by atoms with E-state index in [1.807, 2.05) is 55.8 Å². The summed E-state index contributed by atoms with van der Waals surface area (Å²) >= 11 is 0. The predicted octanol–water partition coefficient (Wildman–Crippen LogP) is 2.46. The minimum absolute atomic E-state index is 0.0213. The third-order valence-electron chi connectivity index (χ3n) is 4.90. The number of rotatable bonds is 8. The van der Waals surface area contributed by atoms with E-state index in [1.54, 1.807) is 4.90 Å². The van der Waals surface area contributed by atoms with Crippen LogP contribution in [0.15, 0.2) is 30.3 Å². The zero-order chi connectivity index (χ0) is 20.1. The Bertz CT molecular complexity index is 829. The van der Waals surface area contributed by atoms with Crippen LogP contribution in [-0.4, -0.2) is 41.3 Å². The second-order valence-corrected chi connectivity index (χ2v) is 7.13. The fourth-order valence-corrected chi connectivity index (χ4v) is 3.51. The summed E-state index contributed by atoms with van der Waals surface area (Å²) in [6, 6.07) is 9.45. The Morgan fingerprint density at radius 2 is 2.04 bits per heavy atom. The van der Waals surface area contributed by atoms with Gasteiger partial charge in [-0.3, -0.25) is 14.3 Å². The number of carbonyl (C=O) groups excluding carboxylic acids is 2. The highest BCUT2D eigenvalue weighted by molar-refractivity contribution is 6.00. The number of ether oxygens (including phenoxy) is 1. The Labute approximate surface area is 165 Å². The molecule has 1 aliphatic heterocycles. The highest BCUT2D eigenvalue weighted by atomic mass is 16.5. The minimum Gasteiger partial charge on any atom is -0.494 e. The summed E-state index contributed by atoms with van der Waals surface area (Å²) < 4.78 is 7.38. The van der Waals surface area contributed by atoms with E-state index in [9.17, 15) is 9.59 Å². The number of nitrogens with zero attached hydrogens (tertiary/aromatic N) is 3. The molecule has 1 aromatic carbocycles. The molecule has 2 amide bonds. The van der Waals surface area contributed by atoms with Crippen molar-refractivity contribution in [3.8, 4) is 5.75 Å². The van der Waals surface area contributed by atoms with Crippen LogP contribution >= 0.6 is 0 Å². The number of hydrogen-bond donors (Lipinski definition) is 1. The third kappa shape index (κ3) is 4.71. The van der Waals surface area contributed by atoms with Crippen LogP contribution in [0.5, 0.6) is 5.75 Å². The number of amides is 2. The van der Waals surface area contributed by atoms with E-state index in [-0.39, 0.29) is 24.2 Å². The van der Waals surface area contributed by atoms with Crippen LogP contribution in [0.25, 0.3) is 0 Å². The van der Waals surface area contributed by atoms with Crippen LogP contribution in [-0.2, 0) is 16.1 Å². The van der Waals surface area contributed by atoms with Gasteiger partial charge in [0.2, 0.25) is 11.8 Å². The first-order chi connectivity index (χ1) is 13.5. The second-order valence-electron chi connectivity index (χ2n) is 7.13. The van der Waals surface area contributed by atoms with Gasteiger partial charge in [0.1, 0.15) is 5.75 Å². The number of aromatic nitrogens is 2. The van der Waals surface area contributed by atoms with Crippen LogP contribution in [0, 0.1) is 19.8 Å². The molecule has 1 saturated heterocycles. The van der Waals surface area contributed by atoms with Crippen molar-refractivity contribution in [1.82, 2.24) is 15.1 Å². The molecule has 2 aromatic rings. The highest BCUT2D eigenvalue weighted by Gasteiger charge is 2.34. The van der Waals surface area contributed by atoms with Gasteiger partial charge in [-0.25, -0.2) is 0 Å². The molecular formula is C21H28N4O3. The van der Waals surface area contributed by atoms with E-state index < -0.39 is 0 Å². The van der Waals surface area contributed by atoms with Gasteiger partial charge >= 0.3 is 0 Å². The van der Waals surface area contributed by atoms with Crippen LogP contribution in [0.1, 0.15) is 31.2 Å². The van der Waals surface area contributed by atoms with E-state index in [1.165, 1.54) is 0 Å². The monoisotopic (exact) mass is 384 g/mol. The summed E-state index contributed by atoms with van der Waals surface area (Å²) in [6.07, 6.45) is 1.05. The van der Waals surface area contributed by atoms with Gasteiger partial charge in [-0.15, -0.1) is 0 Å². The first kappa shape index (κ1) is 19.9. The minimum atomic E-state index is -0.312. The predicted molar refractivity (Wildman–Crippen MR) is 107 cm³/mol. The van der Waals surface area contributed by atoms with E-state index in [0.717, 1.165) is 35.8 Å². The molecule has 0 saturated carbocycles. The van der Waals surface area contributed by atoms with E-state index in [0.29, 0.717) is 19.7 Å². The zero-order valence-electron chi connectivity index (χ0n) is 16.8. The maximum Gasteiger partial charge on any atom is 0.227 e. The smallest absolute Gasteiger partial charge is 0.227 e. The molecule has 1 fully saturated rings. The topological polar surface area (TPSA) is 76.5 Å². The number of benzene rings is 1. The van der Waals surface area contributed by atoms with Crippen LogP contribution in [0.3, 0.4) is 0 Å². The Kier molecular flexibility index (Phi) is 6.34. The van der Waals surface area contributed by atoms with Gasteiger partial charge in [-0.2, -0.15) is 5.10 Å². The van der Waals surface area contributed by atoms with Crippen molar-refractivity contribution >= 4 is 17.5 Å². The van der Waals surface area contributed by atoms with Crippen LogP contribution in [0.4, 0.5) is 5.69 Å². The number of nitrogens with one attached hydrogen (secondary N) is 1. The molecule has 7 nitrogen and oxygen atoms in total. The van der Waals surface area contributed by atoms with Crippen molar-refractivity contribution in [1.29, 1.82) is 0 Å². The first-order valence-electron chi connectivity index (χ1n) is 9.80. The molecule has 0 spiro atoms. The van der Waals surface area contributed by atoms with E-state index in [2.05, 4.69) is 10.4 Å². The fraction of sp³-hybridized carbons (Fsp3) is 0.476. The molecule has 3 rings (SSSR count). The summed E-state index contributed by atoms with van der Waals surface area (Å²) in [5.41, 5.74) is 2.92. The van der Waals surface area contributed by atoms with Crippen molar-refractivity contribution in [3.05, 3.63) is 41.7 Å². The molecule has 1 atom stereocenters. The fourth-order valence-electron chi connectivity index (χ4n) is 3.51. The highest BCUT2D eigenvalue weighted by Crippen LogP contribution is 2.27. The van der Waals surface area contributed by atoms with Crippen LogP contribution < -0.4 is 15.0 Å². The molecule has 150 valence electrons. The summed E-state index contributed by atoms with van der Waals surface area (Å²) in [5, 5.41) is 7.38. The zero-order valence-corrected chi connectivity index (χ0v) is 16.8. The van der Waals surface area contributed by atoms with Crippen molar-refractivity contribution in [2.24, 2.45) is 5.92 Å². The molecule has 0 aliphatic carbocycles. The van der Waals surface area contributed by atoms with Crippen molar-refractivity contribution < 1.29 is 14.3 Å². The summed E-state index contributed by atoms with van der Waals surface area (Å²) in [5.74, 6) is 0.379. The Morgan fingerprint density at radius 1 is 1.29 bits per heavy atom. The third-order valence-corrected chi connectivity index (χ3v) is 4.90. The van der Waals surface area contributed by atoms with Gasteiger partial charge in [0.15, 0.2) is 0 Å². The molecule has 1 aromatic heterocycles. The average Bonchev–Trinajstić information content (AvgIpc) is 3.21. The number of hydrogen-bond acceptors (Lipinski definition) is 4. The maximum absolute atomic E-state index is 12.5. The molecule has 1 aliphatic rings. The standard InChI is InChI=1S/C21H28N4O3/c1-4-28-19-8-6-18(7-9-19)24-14-17(13-20(24)26)21(27)22-10-5-11-25-16(3)12-15(2)23-25/h6-9,12,17H,4-5,10-11,13-14H2,1-3H3,(H,22,27)/t17-/m1/s1. The summed E-state index contributed by atoms with van der Waals surface area (Å²) in [6.45, 7) is 8.28. The first-order valence-corrected chi connectivity index (χ1v) is 9.80. The molecule has 1 N–H and O–H groups in total. The molecule has 2 heterocycles. The molecule has 28 heavy (non-hydrogen) atoms. The Hall–Kier alpha value is -2.83. The number of anilines is 1. The lowest BCUT2D eigenvalue weighted by Gasteiger charge is -2.17. The SMILES string of the molecule is CCOc1ccc(N2C[C@H](C(=O)NCCCn3nc(C)cc3C)CC2=O)cc1. The Morgan fingerprint density at radius 3 is 2.68 bits per heavy atom. The van der Waals surface area contributed by atoms with Crippen molar-refractivity contribution in [3.63, 3.8) is 0 Å². The van der Waals surface area contributed by atoms with Gasteiger partial charge < -0.3 is 15.0 Å². The number of aryl methyl sites for hydroxylation is 3. The summed E-state index contributed by atoms with van der Waals surface area (Å²) in [7, 11) is 0. The second kappa shape index (κ2) is 8.91. The van der Waals surface area contributed by atoms with Crippen LogP contribution in [0.2, 0.25) is 0 Å². The average molecular weight is 384 g/mol. The van der Waals surface area contributed by atoms with E-state index >= 15 is 0 Å². The maximum atomic E-state index is 12.5. The lowest BCUT2D eigenvalue weighted by Crippen LogP contribution is -2.33. The van der Waals surface area contributed by atoms with Crippen molar-refractivity contribution in [2.75, 3.05) is 24.6 Å². The molecule has 7 heteroatoms. The van der Waals surface area contributed by atoms with Gasteiger partial charge in [-0.05, 0) is 57.5 Å². The van der Waals surface area contributed by atoms with Gasteiger partial charge in [0, 0.05) is 37.4 Å². The van der Waals surface area contributed by atoms with Gasteiger partial charge in [-0.1, -0.05) is 0 Å². The summed E-state index contributed by atoms with van der Waals surface area (Å²) in [4.78, 5) is 26.5. The molecule has 0 bridgehead atoms. The Balaban J connectivity index is 1.47. The lowest BCUT2D eigenvalue weighted by molar-refractivity contribution is -0.126. The molecular weight excluding hydrogens is 356 g/mol. The molecule has 0 unspecified atom stereocenters. The lowest BCUT2D eigenvalue weighted by atomic mass is 10.1. The van der Waals surface area contributed by atoms with Gasteiger partial charge in [0.25, 0.3) is 0 Å². The van der Waals surface area contributed by atoms with Crippen molar-refractivity contribution in [2.45, 2.75) is 40.2 Å². The normalized spacial score (nSPS) is 16.5.